The third-order valence-corrected chi connectivity index (χ3v) is 3.78. The molecule has 3 nitrogen and oxygen atoms in total. The largest absolute Gasteiger partial charge is 0.341 e. The molecule has 2 N–H and O–H groups in total. The van der Waals surface area contributed by atoms with Crippen LogP contribution >= 0.6 is 0 Å². The molecule has 18 heavy (non-hydrogen) atoms. The third kappa shape index (κ3) is 2.72. The van der Waals surface area contributed by atoms with Crippen LogP contribution in [0.4, 0.5) is 0 Å². The number of likely N-dealkylation sites (tertiary alicyclic amines) is 1. The van der Waals surface area contributed by atoms with Gasteiger partial charge >= 0.3 is 0 Å². The van der Waals surface area contributed by atoms with Crippen LogP contribution in [-0.4, -0.2) is 23.9 Å². The van der Waals surface area contributed by atoms with Gasteiger partial charge in [0.15, 0.2) is 0 Å². The smallest absolute Gasteiger partial charge is 0.222 e. The molecule has 1 aliphatic heterocycles. The van der Waals surface area contributed by atoms with Crippen molar-refractivity contribution in [2.75, 3.05) is 13.1 Å². The van der Waals surface area contributed by atoms with Gasteiger partial charge in [-0.1, -0.05) is 25.1 Å². The lowest BCUT2D eigenvalue weighted by atomic mass is 10.0. The summed E-state index contributed by atoms with van der Waals surface area (Å²) in [6.07, 6.45) is 0.666. The average molecular weight is 246 g/mol. The topological polar surface area (TPSA) is 46.3 Å². The molecule has 1 aromatic rings. The highest BCUT2D eigenvalue weighted by Crippen LogP contribution is 2.21. The molecule has 98 valence electrons. The van der Waals surface area contributed by atoms with Crippen LogP contribution in [0.25, 0.3) is 0 Å². The van der Waals surface area contributed by atoms with Crippen molar-refractivity contribution in [3.63, 3.8) is 0 Å². The minimum atomic E-state index is -0.0847. The minimum absolute atomic E-state index is 0.0847. The molecule has 0 aliphatic carbocycles. The molecule has 1 aromatic carbocycles. The Morgan fingerprint density at radius 2 is 2.11 bits per heavy atom. The molecular weight excluding hydrogens is 224 g/mol. The number of hydrogen-bond acceptors (Lipinski definition) is 2. The predicted octanol–water partition coefficient (Wildman–Crippen LogP) is 2.17. The first-order valence-electron chi connectivity index (χ1n) is 6.58. The first-order chi connectivity index (χ1) is 8.47. The van der Waals surface area contributed by atoms with Gasteiger partial charge in [-0.25, -0.2) is 0 Å². The molecule has 2 unspecified atom stereocenters. The Labute approximate surface area is 109 Å². The van der Waals surface area contributed by atoms with Gasteiger partial charge in [0.1, 0.15) is 0 Å². The fourth-order valence-corrected chi connectivity index (χ4v) is 2.48. The quantitative estimate of drug-likeness (QED) is 0.888. The summed E-state index contributed by atoms with van der Waals surface area (Å²) in [6.45, 7) is 7.77. The molecule has 2 atom stereocenters. The number of carbonyl (C=O) groups excluding carboxylic acids is 1. The van der Waals surface area contributed by atoms with Crippen molar-refractivity contribution < 1.29 is 4.79 Å². The molecule has 1 saturated heterocycles. The number of rotatable bonds is 3. The van der Waals surface area contributed by atoms with Crippen LogP contribution < -0.4 is 5.73 Å². The lowest BCUT2D eigenvalue weighted by Gasteiger charge is -2.22. The standard InChI is InChI=1S/C15H22N2O/c1-10-6-15(18)17(8-10)9-14(16)13-5-4-11(2)12(3)7-13/h4-5,7,10,14H,6,8-9,16H2,1-3H3. The van der Waals surface area contributed by atoms with Crippen molar-refractivity contribution in [1.29, 1.82) is 0 Å². The summed E-state index contributed by atoms with van der Waals surface area (Å²) in [5.74, 6) is 0.700. The number of amides is 1. The van der Waals surface area contributed by atoms with Gasteiger partial charge in [-0.15, -0.1) is 0 Å². The predicted molar refractivity (Wildman–Crippen MR) is 73.2 cm³/mol. The Morgan fingerprint density at radius 3 is 2.67 bits per heavy atom. The fraction of sp³-hybridized carbons (Fsp3) is 0.533. The zero-order chi connectivity index (χ0) is 13.3. The molecule has 3 heteroatoms. The lowest BCUT2D eigenvalue weighted by Crippen LogP contribution is -2.33. The molecule has 0 radical (unpaired) electrons. The highest BCUT2D eigenvalue weighted by atomic mass is 16.2. The first kappa shape index (κ1) is 13.1. The Kier molecular flexibility index (Phi) is 3.71. The molecule has 0 spiro atoms. The van der Waals surface area contributed by atoms with Gasteiger partial charge in [0, 0.05) is 25.6 Å². The van der Waals surface area contributed by atoms with E-state index < -0.39 is 0 Å². The molecule has 0 bridgehead atoms. The van der Waals surface area contributed by atoms with E-state index in [1.807, 2.05) is 4.90 Å². The van der Waals surface area contributed by atoms with E-state index in [0.29, 0.717) is 18.9 Å². The van der Waals surface area contributed by atoms with Gasteiger partial charge in [-0.05, 0) is 36.5 Å². The maximum Gasteiger partial charge on any atom is 0.222 e. The molecule has 2 rings (SSSR count). The molecule has 1 aliphatic rings. The molecular formula is C15H22N2O. The van der Waals surface area contributed by atoms with E-state index in [9.17, 15) is 4.79 Å². The number of nitrogens with zero attached hydrogens (tertiary/aromatic N) is 1. The number of benzene rings is 1. The minimum Gasteiger partial charge on any atom is -0.341 e. The zero-order valence-electron chi connectivity index (χ0n) is 11.4. The van der Waals surface area contributed by atoms with Gasteiger partial charge in [0.05, 0.1) is 0 Å². The zero-order valence-corrected chi connectivity index (χ0v) is 11.4. The van der Waals surface area contributed by atoms with Crippen molar-refractivity contribution in [1.82, 2.24) is 4.90 Å². The second-order valence-electron chi connectivity index (χ2n) is 5.56. The van der Waals surface area contributed by atoms with Crippen molar-refractivity contribution in [3.8, 4) is 0 Å². The molecule has 0 aromatic heterocycles. The van der Waals surface area contributed by atoms with Crippen LogP contribution in [0.3, 0.4) is 0 Å². The normalized spacial score (nSPS) is 21.4. The maximum atomic E-state index is 11.7. The monoisotopic (exact) mass is 246 g/mol. The van der Waals surface area contributed by atoms with Crippen molar-refractivity contribution in [2.45, 2.75) is 33.2 Å². The van der Waals surface area contributed by atoms with E-state index in [4.69, 9.17) is 5.73 Å². The average Bonchev–Trinajstić information content (AvgIpc) is 2.61. The van der Waals surface area contributed by atoms with Gasteiger partial charge in [0.2, 0.25) is 5.91 Å². The molecule has 1 amide bonds. The summed E-state index contributed by atoms with van der Waals surface area (Å²) in [6, 6.07) is 6.21. The van der Waals surface area contributed by atoms with E-state index in [1.54, 1.807) is 0 Å². The third-order valence-electron chi connectivity index (χ3n) is 3.78. The summed E-state index contributed by atoms with van der Waals surface area (Å²) in [5, 5.41) is 0. The number of carbonyl (C=O) groups is 1. The van der Waals surface area contributed by atoms with Crippen LogP contribution in [0, 0.1) is 19.8 Å². The van der Waals surface area contributed by atoms with E-state index >= 15 is 0 Å². The van der Waals surface area contributed by atoms with E-state index in [2.05, 4.69) is 39.0 Å². The SMILES string of the molecule is Cc1ccc(C(N)CN2CC(C)CC2=O)cc1C. The Hall–Kier alpha value is -1.35. The molecule has 0 saturated carbocycles. The van der Waals surface area contributed by atoms with Crippen molar-refractivity contribution in [3.05, 3.63) is 34.9 Å². The van der Waals surface area contributed by atoms with Gasteiger partial charge in [0.25, 0.3) is 0 Å². The second-order valence-corrected chi connectivity index (χ2v) is 5.56. The summed E-state index contributed by atoms with van der Waals surface area (Å²) in [5.41, 5.74) is 9.85. The van der Waals surface area contributed by atoms with E-state index in [-0.39, 0.29) is 11.9 Å². The van der Waals surface area contributed by atoms with E-state index in [1.165, 1.54) is 11.1 Å². The van der Waals surface area contributed by atoms with Gasteiger partial charge in [-0.2, -0.15) is 0 Å². The van der Waals surface area contributed by atoms with Crippen LogP contribution in [0.5, 0.6) is 0 Å². The summed E-state index contributed by atoms with van der Waals surface area (Å²) >= 11 is 0. The number of aryl methyl sites for hydroxylation is 2. The van der Waals surface area contributed by atoms with Gasteiger partial charge < -0.3 is 10.6 Å². The summed E-state index contributed by atoms with van der Waals surface area (Å²) in [7, 11) is 0. The Bertz CT molecular complexity index is 456. The van der Waals surface area contributed by atoms with Crippen molar-refractivity contribution in [2.24, 2.45) is 11.7 Å². The summed E-state index contributed by atoms with van der Waals surface area (Å²) < 4.78 is 0. The number of nitrogens with two attached hydrogens (primary N) is 1. The number of hydrogen-bond donors (Lipinski definition) is 1. The maximum absolute atomic E-state index is 11.7. The fourth-order valence-electron chi connectivity index (χ4n) is 2.48. The van der Waals surface area contributed by atoms with Crippen LogP contribution in [0.15, 0.2) is 18.2 Å². The Morgan fingerprint density at radius 1 is 1.39 bits per heavy atom. The Balaban J connectivity index is 2.05. The van der Waals surface area contributed by atoms with Crippen LogP contribution in [-0.2, 0) is 4.79 Å². The highest BCUT2D eigenvalue weighted by Gasteiger charge is 2.27. The van der Waals surface area contributed by atoms with Gasteiger partial charge in [-0.3, -0.25) is 4.79 Å². The molecule has 1 fully saturated rings. The molecule has 1 heterocycles. The first-order valence-corrected chi connectivity index (χ1v) is 6.58. The second kappa shape index (κ2) is 5.11. The van der Waals surface area contributed by atoms with Crippen molar-refractivity contribution >= 4 is 5.91 Å². The summed E-state index contributed by atoms with van der Waals surface area (Å²) in [4.78, 5) is 13.6. The lowest BCUT2D eigenvalue weighted by molar-refractivity contribution is -0.127. The van der Waals surface area contributed by atoms with Crippen LogP contribution in [0.1, 0.15) is 36.1 Å². The van der Waals surface area contributed by atoms with Crippen LogP contribution in [0.2, 0.25) is 0 Å². The van der Waals surface area contributed by atoms with E-state index in [0.717, 1.165) is 12.1 Å². The highest BCUT2D eigenvalue weighted by molar-refractivity contribution is 5.78.